The number of nitrogens with zero attached hydrogens (tertiary/aromatic N) is 2. The van der Waals surface area contributed by atoms with Crippen LogP contribution >= 0.6 is 11.6 Å². The smallest absolute Gasteiger partial charge is 0.0492 e. The molecule has 1 aromatic heterocycles. The van der Waals surface area contributed by atoms with Crippen molar-refractivity contribution in [3.63, 3.8) is 0 Å². The molecule has 0 radical (unpaired) electrons. The number of rotatable bonds is 5. The molecule has 0 amide bonds. The van der Waals surface area contributed by atoms with Gasteiger partial charge < -0.3 is 5.32 Å². The summed E-state index contributed by atoms with van der Waals surface area (Å²) in [5, 5.41) is 8.15. The van der Waals surface area contributed by atoms with Gasteiger partial charge in [0.2, 0.25) is 0 Å². The number of halogens is 1. The predicted molar refractivity (Wildman–Crippen MR) is 71.4 cm³/mol. The lowest BCUT2D eigenvalue weighted by Crippen LogP contribution is -2.28. The van der Waals surface area contributed by atoms with Gasteiger partial charge in [-0.1, -0.05) is 0 Å². The average Bonchev–Trinajstić information content (AvgIpc) is 2.73. The van der Waals surface area contributed by atoms with Gasteiger partial charge in [0.1, 0.15) is 0 Å². The minimum absolute atomic E-state index is 0.431. The molecule has 1 saturated carbocycles. The number of alkyl halides is 1. The first-order valence-electron chi connectivity index (χ1n) is 6.57. The van der Waals surface area contributed by atoms with Gasteiger partial charge in [0, 0.05) is 37.3 Å². The SMILES string of the molecule is Cn1nccc1CCNCC1CCC(Cl)CC1. The van der Waals surface area contributed by atoms with E-state index in [9.17, 15) is 0 Å². The van der Waals surface area contributed by atoms with Crippen molar-refractivity contribution in [3.8, 4) is 0 Å². The second-order valence-corrected chi connectivity index (χ2v) is 5.64. The highest BCUT2D eigenvalue weighted by molar-refractivity contribution is 6.20. The second-order valence-electron chi connectivity index (χ2n) is 5.02. The van der Waals surface area contributed by atoms with Crippen molar-refractivity contribution >= 4 is 11.6 Å². The largest absolute Gasteiger partial charge is 0.316 e. The molecule has 3 nitrogen and oxygen atoms in total. The van der Waals surface area contributed by atoms with Crippen molar-refractivity contribution in [2.24, 2.45) is 13.0 Å². The van der Waals surface area contributed by atoms with Crippen LogP contribution in [0.15, 0.2) is 12.3 Å². The van der Waals surface area contributed by atoms with Crippen LogP contribution in [0.3, 0.4) is 0 Å². The van der Waals surface area contributed by atoms with Crippen LogP contribution in [-0.2, 0) is 13.5 Å². The van der Waals surface area contributed by atoms with E-state index >= 15 is 0 Å². The summed E-state index contributed by atoms with van der Waals surface area (Å²) in [6.07, 6.45) is 7.86. The second kappa shape index (κ2) is 6.41. The Morgan fingerprint density at radius 3 is 2.82 bits per heavy atom. The lowest BCUT2D eigenvalue weighted by atomic mass is 9.89. The molecule has 0 unspecified atom stereocenters. The van der Waals surface area contributed by atoms with Gasteiger partial charge >= 0.3 is 0 Å². The molecule has 1 aliphatic rings. The molecule has 0 aliphatic heterocycles. The summed E-state index contributed by atoms with van der Waals surface area (Å²) in [7, 11) is 2.00. The topological polar surface area (TPSA) is 29.9 Å². The molecular formula is C13H22ClN3. The Bertz CT molecular complexity index is 329. The third kappa shape index (κ3) is 4.00. The molecule has 1 fully saturated rings. The zero-order valence-corrected chi connectivity index (χ0v) is 11.3. The quantitative estimate of drug-likeness (QED) is 0.647. The van der Waals surface area contributed by atoms with Gasteiger partial charge in [-0.2, -0.15) is 5.10 Å². The molecule has 0 bridgehead atoms. The molecule has 0 spiro atoms. The maximum Gasteiger partial charge on any atom is 0.0492 e. The highest BCUT2D eigenvalue weighted by atomic mass is 35.5. The van der Waals surface area contributed by atoms with E-state index in [1.807, 2.05) is 17.9 Å². The molecular weight excluding hydrogens is 234 g/mol. The summed E-state index contributed by atoms with van der Waals surface area (Å²) in [5.41, 5.74) is 1.29. The van der Waals surface area contributed by atoms with Crippen molar-refractivity contribution < 1.29 is 0 Å². The number of hydrogen-bond acceptors (Lipinski definition) is 2. The van der Waals surface area contributed by atoms with Crippen LogP contribution in [0.2, 0.25) is 0 Å². The van der Waals surface area contributed by atoms with E-state index in [1.54, 1.807) is 0 Å². The van der Waals surface area contributed by atoms with Crippen LogP contribution in [-0.4, -0.2) is 28.2 Å². The van der Waals surface area contributed by atoms with E-state index < -0.39 is 0 Å². The maximum absolute atomic E-state index is 6.10. The summed E-state index contributed by atoms with van der Waals surface area (Å²) in [4.78, 5) is 0. The number of aromatic nitrogens is 2. The van der Waals surface area contributed by atoms with Crippen LogP contribution < -0.4 is 5.32 Å². The fourth-order valence-electron chi connectivity index (χ4n) is 2.50. The van der Waals surface area contributed by atoms with Gasteiger partial charge in [-0.05, 0) is 44.2 Å². The van der Waals surface area contributed by atoms with Gasteiger partial charge in [-0.25, -0.2) is 0 Å². The zero-order valence-electron chi connectivity index (χ0n) is 10.5. The lowest BCUT2D eigenvalue weighted by molar-refractivity contribution is 0.346. The third-order valence-corrected chi connectivity index (χ3v) is 4.13. The molecule has 2 rings (SSSR count). The molecule has 0 atom stereocenters. The van der Waals surface area contributed by atoms with E-state index in [2.05, 4.69) is 16.5 Å². The molecule has 4 heteroatoms. The minimum Gasteiger partial charge on any atom is -0.316 e. The Morgan fingerprint density at radius 2 is 2.18 bits per heavy atom. The van der Waals surface area contributed by atoms with Crippen molar-refractivity contribution in [1.82, 2.24) is 15.1 Å². The van der Waals surface area contributed by atoms with E-state index in [4.69, 9.17) is 11.6 Å². The van der Waals surface area contributed by atoms with Crippen molar-refractivity contribution in [1.29, 1.82) is 0 Å². The van der Waals surface area contributed by atoms with Gasteiger partial charge in [-0.15, -0.1) is 11.6 Å². The Balaban J connectivity index is 1.59. The Hall–Kier alpha value is -0.540. The summed E-state index contributed by atoms with van der Waals surface area (Å²) in [5.74, 6) is 0.830. The molecule has 1 aliphatic carbocycles. The fraction of sp³-hybridized carbons (Fsp3) is 0.769. The van der Waals surface area contributed by atoms with Crippen molar-refractivity contribution in [3.05, 3.63) is 18.0 Å². The van der Waals surface area contributed by atoms with Gasteiger partial charge in [0.05, 0.1) is 0 Å². The number of nitrogens with one attached hydrogen (secondary N) is 1. The summed E-state index contributed by atoms with van der Waals surface area (Å²) >= 11 is 6.10. The summed E-state index contributed by atoms with van der Waals surface area (Å²) in [6.45, 7) is 2.18. The number of aryl methyl sites for hydroxylation is 1. The summed E-state index contributed by atoms with van der Waals surface area (Å²) < 4.78 is 1.94. The normalized spacial score (nSPS) is 25.1. The lowest BCUT2D eigenvalue weighted by Gasteiger charge is -2.25. The van der Waals surface area contributed by atoms with Crippen LogP contribution in [0.25, 0.3) is 0 Å². The minimum atomic E-state index is 0.431. The standard InChI is InChI=1S/C13H22ClN3/c1-17-13(7-9-16-17)6-8-15-10-11-2-4-12(14)5-3-11/h7,9,11-12,15H,2-6,8,10H2,1H3. The maximum atomic E-state index is 6.10. The predicted octanol–water partition coefficient (Wildman–Crippen LogP) is 2.35. The van der Waals surface area contributed by atoms with Crippen LogP contribution in [0.1, 0.15) is 31.4 Å². The Morgan fingerprint density at radius 1 is 1.41 bits per heavy atom. The van der Waals surface area contributed by atoms with Crippen LogP contribution in [0.5, 0.6) is 0 Å². The molecule has 17 heavy (non-hydrogen) atoms. The van der Waals surface area contributed by atoms with Gasteiger partial charge in [-0.3, -0.25) is 4.68 Å². The molecule has 96 valence electrons. The Kier molecular flexibility index (Phi) is 4.86. The molecule has 1 N–H and O–H groups in total. The first-order valence-corrected chi connectivity index (χ1v) is 7.01. The Labute approximate surface area is 109 Å². The first kappa shape index (κ1) is 12.9. The van der Waals surface area contributed by atoms with Crippen LogP contribution in [0.4, 0.5) is 0 Å². The zero-order chi connectivity index (χ0) is 12.1. The first-order chi connectivity index (χ1) is 8.25. The monoisotopic (exact) mass is 255 g/mol. The van der Waals surface area contributed by atoms with E-state index in [1.165, 1.54) is 31.4 Å². The molecule has 0 aromatic carbocycles. The highest BCUT2D eigenvalue weighted by Gasteiger charge is 2.18. The van der Waals surface area contributed by atoms with E-state index in [-0.39, 0.29) is 0 Å². The van der Waals surface area contributed by atoms with Gasteiger partial charge in [0.15, 0.2) is 0 Å². The fourth-order valence-corrected chi connectivity index (χ4v) is 2.75. The van der Waals surface area contributed by atoms with Crippen molar-refractivity contribution in [2.45, 2.75) is 37.5 Å². The van der Waals surface area contributed by atoms with Crippen molar-refractivity contribution in [2.75, 3.05) is 13.1 Å². The van der Waals surface area contributed by atoms with E-state index in [0.717, 1.165) is 25.4 Å². The molecule has 1 heterocycles. The summed E-state index contributed by atoms with van der Waals surface area (Å²) in [6, 6.07) is 2.08. The third-order valence-electron chi connectivity index (χ3n) is 3.69. The van der Waals surface area contributed by atoms with Gasteiger partial charge in [0.25, 0.3) is 0 Å². The number of hydrogen-bond donors (Lipinski definition) is 1. The average molecular weight is 256 g/mol. The molecule has 0 saturated heterocycles. The van der Waals surface area contributed by atoms with Crippen LogP contribution in [0, 0.1) is 5.92 Å². The van der Waals surface area contributed by atoms with E-state index in [0.29, 0.717) is 5.38 Å². The molecule has 1 aromatic rings. The highest BCUT2D eigenvalue weighted by Crippen LogP contribution is 2.26.